The number of nitrogen functional groups attached to an aromatic ring is 1. The van der Waals surface area contributed by atoms with Gasteiger partial charge in [0, 0.05) is 24.0 Å². The van der Waals surface area contributed by atoms with Gasteiger partial charge in [-0.2, -0.15) is 0 Å². The fourth-order valence-corrected chi connectivity index (χ4v) is 5.65. The number of ether oxygens (including phenoxy) is 3. The van der Waals surface area contributed by atoms with Crippen molar-refractivity contribution in [1.29, 1.82) is 0 Å². The summed E-state index contributed by atoms with van der Waals surface area (Å²) in [5.74, 6) is 1.56. The SMILES string of the molecule is COc1cc(-c2cc(-c3ccccc3)nc3sc(C(=O)N4CCCC4)c(N)c23)cc(OC)c1OC. The van der Waals surface area contributed by atoms with Gasteiger partial charge in [-0.05, 0) is 42.2 Å². The first-order valence-electron chi connectivity index (χ1n) is 11.4. The van der Waals surface area contributed by atoms with Gasteiger partial charge in [0.05, 0.1) is 32.7 Å². The predicted molar refractivity (Wildman–Crippen MR) is 140 cm³/mol. The molecule has 8 heteroatoms. The highest BCUT2D eigenvalue weighted by Crippen LogP contribution is 2.46. The van der Waals surface area contributed by atoms with Gasteiger partial charge >= 0.3 is 0 Å². The summed E-state index contributed by atoms with van der Waals surface area (Å²) >= 11 is 1.35. The normalized spacial score (nSPS) is 13.3. The van der Waals surface area contributed by atoms with Gasteiger partial charge in [-0.15, -0.1) is 11.3 Å². The van der Waals surface area contributed by atoms with Crippen molar-refractivity contribution in [2.45, 2.75) is 12.8 Å². The minimum Gasteiger partial charge on any atom is -0.493 e. The molecule has 0 unspecified atom stereocenters. The molecule has 1 aliphatic rings. The Bertz CT molecular complexity index is 1370. The number of rotatable bonds is 6. The third kappa shape index (κ3) is 4.04. The lowest BCUT2D eigenvalue weighted by molar-refractivity contribution is 0.0798. The molecule has 0 radical (unpaired) electrons. The molecule has 3 heterocycles. The van der Waals surface area contributed by atoms with Crippen molar-refractivity contribution >= 4 is 33.1 Å². The number of thiophene rings is 1. The van der Waals surface area contributed by atoms with Gasteiger partial charge in [-0.3, -0.25) is 4.79 Å². The summed E-state index contributed by atoms with van der Waals surface area (Å²) in [5.41, 5.74) is 10.6. The number of nitrogens with zero attached hydrogens (tertiary/aromatic N) is 2. The van der Waals surface area contributed by atoms with E-state index in [0.29, 0.717) is 27.8 Å². The van der Waals surface area contributed by atoms with Crippen molar-refractivity contribution in [1.82, 2.24) is 9.88 Å². The monoisotopic (exact) mass is 489 g/mol. The van der Waals surface area contributed by atoms with Crippen LogP contribution >= 0.6 is 11.3 Å². The Balaban J connectivity index is 1.78. The Morgan fingerprint density at radius 3 is 2.20 bits per heavy atom. The van der Waals surface area contributed by atoms with Crippen molar-refractivity contribution in [3.63, 3.8) is 0 Å². The Labute approximate surface area is 208 Å². The van der Waals surface area contributed by atoms with Crippen molar-refractivity contribution in [2.24, 2.45) is 0 Å². The summed E-state index contributed by atoms with van der Waals surface area (Å²) in [4.78, 5) is 21.3. The maximum Gasteiger partial charge on any atom is 0.266 e. The van der Waals surface area contributed by atoms with Gasteiger partial charge in [0.25, 0.3) is 5.91 Å². The lowest BCUT2D eigenvalue weighted by Gasteiger charge is -2.16. The number of fused-ring (bicyclic) bond motifs is 1. The second-order valence-corrected chi connectivity index (χ2v) is 9.36. The number of benzene rings is 2. The quantitative estimate of drug-likeness (QED) is 0.386. The number of carbonyl (C=O) groups excluding carboxylic acids is 1. The van der Waals surface area contributed by atoms with Gasteiger partial charge in [0.1, 0.15) is 9.71 Å². The third-order valence-electron chi connectivity index (χ3n) is 6.33. The Morgan fingerprint density at radius 2 is 1.60 bits per heavy atom. The molecule has 0 bridgehead atoms. The molecule has 2 N–H and O–H groups in total. The van der Waals surface area contributed by atoms with Crippen LogP contribution in [0, 0.1) is 0 Å². The molecule has 4 aromatic rings. The molecule has 180 valence electrons. The van der Waals surface area contributed by atoms with Gasteiger partial charge < -0.3 is 24.8 Å². The van der Waals surface area contributed by atoms with E-state index in [1.165, 1.54) is 11.3 Å². The van der Waals surface area contributed by atoms with E-state index < -0.39 is 0 Å². The van der Waals surface area contributed by atoms with Gasteiger partial charge in [-0.1, -0.05) is 30.3 Å². The molecule has 1 aliphatic heterocycles. The fraction of sp³-hybridized carbons (Fsp3) is 0.259. The van der Waals surface area contributed by atoms with E-state index in [4.69, 9.17) is 24.9 Å². The highest BCUT2D eigenvalue weighted by atomic mass is 32.1. The second-order valence-electron chi connectivity index (χ2n) is 8.36. The molecule has 1 amide bonds. The molecule has 1 saturated heterocycles. The number of hydrogen-bond donors (Lipinski definition) is 1. The first-order valence-corrected chi connectivity index (χ1v) is 12.3. The smallest absolute Gasteiger partial charge is 0.266 e. The molecular weight excluding hydrogens is 462 g/mol. The van der Waals surface area contributed by atoms with Crippen molar-refractivity contribution < 1.29 is 19.0 Å². The molecule has 0 spiro atoms. The van der Waals surface area contributed by atoms with E-state index >= 15 is 0 Å². The molecule has 2 aromatic carbocycles. The number of carbonyl (C=O) groups is 1. The van der Waals surface area contributed by atoms with Crippen LogP contribution in [0.3, 0.4) is 0 Å². The van der Waals surface area contributed by atoms with Crippen LogP contribution in [0.2, 0.25) is 0 Å². The lowest BCUT2D eigenvalue weighted by Crippen LogP contribution is -2.27. The molecule has 0 atom stereocenters. The minimum atomic E-state index is -0.0277. The van der Waals surface area contributed by atoms with Crippen molar-refractivity contribution in [2.75, 3.05) is 40.2 Å². The number of pyridine rings is 1. The first kappa shape index (κ1) is 23.0. The summed E-state index contributed by atoms with van der Waals surface area (Å²) in [6.07, 6.45) is 2.03. The fourth-order valence-electron chi connectivity index (χ4n) is 4.56. The molecular formula is C27H27N3O4S. The Morgan fingerprint density at radius 1 is 0.943 bits per heavy atom. The number of anilines is 1. The molecule has 0 saturated carbocycles. The molecule has 5 rings (SSSR count). The number of aromatic nitrogens is 1. The maximum absolute atomic E-state index is 13.3. The summed E-state index contributed by atoms with van der Waals surface area (Å²) in [7, 11) is 4.75. The van der Waals surface area contributed by atoms with E-state index in [-0.39, 0.29) is 5.91 Å². The van der Waals surface area contributed by atoms with Crippen LogP contribution in [0.4, 0.5) is 5.69 Å². The number of likely N-dealkylation sites (tertiary alicyclic amines) is 1. The topological polar surface area (TPSA) is 86.9 Å². The zero-order valence-electron chi connectivity index (χ0n) is 20.0. The average Bonchev–Trinajstić information content (AvgIpc) is 3.56. The Hall–Kier alpha value is -3.78. The number of amides is 1. The van der Waals surface area contributed by atoms with Gasteiger partial charge in [-0.25, -0.2) is 4.98 Å². The van der Waals surface area contributed by atoms with E-state index in [1.54, 1.807) is 21.3 Å². The largest absolute Gasteiger partial charge is 0.493 e. The van der Waals surface area contributed by atoms with E-state index in [1.807, 2.05) is 53.4 Å². The third-order valence-corrected chi connectivity index (χ3v) is 7.42. The highest BCUT2D eigenvalue weighted by Gasteiger charge is 2.27. The van der Waals surface area contributed by atoms with E-state index in [2.05, 4.69) is 0 Å². The van der Waals surface area contributed by atoms with E-state index in [9.17, 15) is 4.79 Å². The standard InChI is InChI=1S/C27H27N3O4S/c1-32-20-13-17(14-21(33-2)24(20)34-3)18-15-19(16-9-5-4-6-10-16)29-26-22(18)23(28)25(35-26)27(31)30-11-7-8-12-30/h4-6,9-10,13-15H,7-8,11-12,28H2,1-3H3. The highest BCUT2D eigenvalue weighted by molar-refractivity contribution is 7.21. The summed E-state index contributed by atoms with van der Waals surface area (Å²) in [5, 5.41) is 0.756. The van der Waals surface area contributed by atoms with Crippen LogP contribution in [0.1, 0.15) is 22.5 Å². The maximum atomic E-state index is 13.3. The molecule has 2 aromatic heterocycles. The van der Waals surface area contributed by atoms with Crippen LogP contribution in [0.25, 0.3) is 32.6 Å². The minimum absolute atomic E-state index is 0.0277. The Kier molecular flexibility index (Phi) is 6.21. The van der Waals surface area contributed by atoms with Crippen LogP contribution in [-0.4, -0.2) is 50.2 Å². The van der Waals surface area contributed by atoms with Crippen molar-refractivity contribution in [3.05, 3.63) is 53.4 Å². The van der Waals surface area contributed by atoms with Crippen molar-refractivity contribution in [3.8, 4) is 39.6 Å². The van der Waals surface area contributed by atoms with Crippen LogP contribution in [-0.2, 0) is 0 Å². The number of hydrogen-bond acceptors (Lipinski definition) is 7. The molecule has 35 heavy (non-hydrogen) atoms. The van der Waals surface area contributed by atoms with Gasteiger partial charge in [0.15, 0.2) is 11.5 Å². The lowest BCUT2D eigenvalue weighted by atomic mass is 9.98. The summed E-state index contributed by atoms with van der Waals surface area (Å²) in [6.45, 7) is 1.52. The first-order chi connectivity index (χ1) is 17.0. The zero-order valence-corrected chi connectivity index (χ0v) is 20.8. The van der Waals surface area contributed by atoms with Crippen LogP contribution < -0.4 is 19.9 Å². The summed E-state index contributed by atoms with van der Waals surface area (Å²) in [6, 6.07) is 15.7. The van der Waals surface area contributed by atoms with Crippen LogP contribution in [0.15, 0.2) is 48.5 Å². The molecule has 7 nitrogen and oxygen atoms in total. The average molecular weight is 490 g/mol. The van der Waals surface area contributed by atoms with E-state index in [0.717, 1.165) is 58.5 Å². The van der Waals surface area contributed by atoms with Crippen LogP contribution in [0.5, 0.6) is 17.2 Å². The number of nitrogens with two attached hydrogens (primary N) is 1. The summed E-state index contributed by atoms with van der Waals surface area (Å²) < 4.78 is 16.7. The molecule has 1 fully saturated rings. The zero-order chi connectivity index (χ0) is 24.5. The number of methoxy groups -OCH3 is 3. The predicted octanol–water partition coefficient (Wildman–Crippen LogP) is 5.47. The second kappa shape index (κ2) is 9.46. The van der Waals surface area contributed by atoms with Gasteiger partial charge in [0.2, 0.25) is 5.75 Å². The molecule has 0 aliphatic carbocycles.